The zero-order valence-electron chi connectivity index (χ0n) is 9.88. The van der Waals surface area contributed by atoms with Gasteiger partial charge in [-0.3, -0.25) is 5.10 Å². The Hall–Kier alpha value is -0.570. The third-order valence-electron chi connectivity index (χ3n) is 3.58. The van der Waals surface area contributed by atoms with Crippen molar-refractivity contribution >= 4 is 11.6 Å². The number of aromatic nitrogens is 3. The average molecular weight is 242 g/mol. The maximum absolute atomic E-state index is 5.71. The molecule has 1 saturated carbocycles. The highest BCUT2D eigenvalue weighted by Crippen LogP contribution is 2.36. The summed E-state index contributed by atoms with van der Waals surface area (Å²) in [6.07, 6.45) is 7.85. The zero-order valence-corrected chi connectivity index (χ0v) is 10.6. The number of nitrogens with zero attached hydrogens (tertiary/aromatic N) is 2. The van der Waals surface area contributed by atoms with Crippen LogP contribution in [-0.4, -0.2) is 15.2 Å². The van der Waals surface area contributed by atoms with Gasteiger partial charge in [-0.05, 0) is 31.6 Å². The van der Waals surface area contributed by atoms with Crippen molar-refractivity contribution in [1.29, 1.82) is 0 Å². The van der Waals surface area contributed by atoms with E-state index >= 15 is 0 Å². The summed E-state index contributed by atoms with van der Waals surface area (Å²) in [5.41, 5.74) is 0. The first kappa shape index (κ1) is 11.9. The van der Waals surface area contributed by atoms with Crippen molar-refractivity contribution in [2.75, 3.05) is 0 Å². The Labute approximate surface area is 102 Å². The normalized spacial score (nSPS) is 25.9. The van der Waals surface area contributed by atoms with Crippen molar-refractivity contribution in [3.8, 4) is 0 Å². The highest BCUT2D eigenvalue weighted by molar-refractivity contribution is 6.16. The minimum Gasteiger partial charge on any atom is -0.262 e. The lowest BCUT2D eigenvalue weighted by molar-refractivity contribution is 0.302. The lowest BCUT2D eigenvalue weighted by atomic mass is 9.80. The molecule has 1 aromatic rings. The maximum atomic E-state index is 5.71. The standard InChI is InChI=1S/C12H20ClN3/c1-2-3-9-4-6-10(7-5-9)12-14-11(8-13)15-16-12/h9-10H,2-8H2,1H3,(H,14,15,16). The van der Waals surface area contributed by atoms with E-state index in [1.807, 2.05) is 0 Å². The maximum Gasteiger partial charge on any atom is 0.153 e. The van der Waals surface area contributed by atoms with Crippen LogP contribution in [0.25, 0.3) is 0 Å². The second kappa shape index (κ2) is 5.67. The summed E-state index contributed by atoms with van der Waals surface area (Å²) in [5, 5.41) is 7.16. The summed E-state index contributed by atoms with van der Waals surface area (Å²) in [4.78, 5) is 4.42. The lowest BCUT2D eigenvalue weighted by Crippen LogP contribution is -2.14. The highest BCUT2D eigenvalue weighted by atomic mass is 35.5. The molecule has 1 aliphatic carbocycles. The minimum atomic E-state index is 0.429. The van der Waals surface area contributed by atoms with E-state index < -0.39 is 0 Å². The van der Waals surface area contributed by atoms with Crippen LogP contribution in [0.15, 0.2) is 0 Å². The molecule has 0 radical (unpaired) electrons. The van der Waals surface area contributed by atoms with Crippen LogP contribution < -0.4 is 0 Å². The summed E-state index contributed by atoms with van der Waals surface area (Å²) >= 11 is 5.71. The molecule has 90 valence electrons. The van der Waals surface area contributed by atoms with E-state index in [-0.39, 0.29) is 0 Å². The van der Waals surface area contributed by atoms with Gasteiger partial charge in [-0.2, -0.15) is 5.10 Å². The first-order chi connectivity index (χ1) is 7.83. The monoisotopic (exact) mass is 241 g/mol. The smallest absolute Gasteiger partial charge is 0.153 e. The number of hydrogen-bond acceptors (Lipinski definition) is 2. The van der Waals surface area contributed by atoms with Gasteiger partial charge in [-0.25, -0.2) is 4.98 Å². The first-order valence-corrected chi connectivity index (χ1v) is 6.84. The SMILES string of the molecule is CCCC1CCC(c2n[nH]c(CCl)n2)CC1. The summed E-state index contributed by atoms with van der Waals surface area (Å²) in [7, 11) is 0. The van der Waals surface area contributed by atoms with E-state index in [1.54, 1.807) is 0 Å². The molecular formula is C12H20ClN3. The van der Waals surface area contributed by atoms with Crippen molar-refractivity contribution in [2.45, 2.75) is 57.2 Å². The van der Waals surface area contributed by atoms with Crippen molar-refractivity contribution in [2.24, 2.45) is 5.92 Å². The third kappa shape index (κ3) is 2.76. The molecule has 1 N–H and O–H groups in total. The Morgan fingerprint density at radius 1 is 1.31 bits per heavy atom. The van der Waals surface area contributed by atoms with Gasteiger partial charge in [-0.1, -0.05) is 19.8 Å². The molecule has 0 atom stereocenters. The largest absolute Gasteiger partial charge is 0.262 e. The van der Waals surface area contributed by atoms with Gasteiger partial charge in [0, 0.05) is 5.92 Å². The van der Waals surface area contributed by atoms with Gasteiger partial charge in [0.1, 0.15) is 5.82 Å². The molecule has 4 heteroatoms. The Bertz CT molecular complexity index is 316. The molecule has 0 aromatic carbocycles. The van der Waals surface area contributed by atoms with Gasteiger partial charge in [0.25, 0.3) is 0 Å². The van der Waals surface area contributed by atoms with E-state index in [4.69, 9.17) is 11.6 Å². The molecule has 0 spiro atoms. The molecule has 1 fully saturated rings. The van der Waals surface area contributed by atoms with Crippen LogP contribution >= 0.6 is 11.6 Å². The van der Waals surface area contributed by atoms with Crippen LogP contribution in [0, 0.1) is 5.92 Å². The molecule has 0 unspecified atom stereocenters. The van der Waals surface area contributed by atoms with Gasteiger partial charge in [-0.15, -0.1) is 11.6 Å². The number of halogens is 1. The molecule has 1 heterocycles. The van der Waals surface area contributed by atoms with Gasteiger partial charge in [0.2, 0.25) is 0 Å². The molecule has 1 aliphatic rings. The predicted molar refractivity (Wildman–Crippen MR) is 65.5 cm³/mol. The average Bonchev–Trinajstić information content (AvgIpc) is 2.79. The molecule has 2 rings (SSSR count). The Kier molecular flexibility index (Phi) is 4.22. The molecule has 0 saturated heterocycles. The molecule has 1 aromatic heterocycles. The van der Waals surface area contributed by atoms with Crippen LogP contribution in [0.5, 0.6) is 0 Å². The minimum absolute atomic E-state index is 0.429. The van der Waals surface area contributed by atoms with Crippen molar-refractivity contribution in [3.63, 3.8) is 0 Å². The molecule has 0 amide bonds. The van der Waals surface area contributed by atoms with Crippen LogP contribution in [0.1, 0.15) is 63.0 Å². The summed E-state index contributed by atoms with van der Waals surface area (Å²) in [6.45, 7) is 2.27. The second-order valence-electron chi connectivity index (χ2n) is 4.78. The van der Waals surface area contributed by atoms with Gasteiger partial charge in [0.05, 0.1) is 5.88 Å². The predicted octanol–water partition coefficient (Wildman–Crippen LogP) is 3.62. The van der Waals surface area contributed by atoms with Crippen molar-refractivity contribution in [3.05, 3.63) is 11.6 Å². The number of aromatic amines is 1. The molecule has 0 aliphatic heterocycles. The van der Waals surface area contributed by atoms with Crippen LogP contribution in [0.4, 0.5) is 0 Å². The fourth-order valence-electron chi connectivity index (χ4n) is 2.67. The molecular weight excluding hydrogens is 222 g/mol. The first-order valence-electron chi connectivity index (χ1n) is 6.30. The fraction of sp³-hybridized carbons (Fsp3) is 0.833. The lowest BCUT2D eigenvalue weighted by Gasteiger charge is -2.26. The van der Waals surface area contributed by atoms with E-state index in [0.717, 1.165) is 17.6 Å². The van der Waals surface area contributed by atoms with E-state index in [1.165, 1.54) is 38.5 Å². The van der Waals surface area contributed by atoms with Gasteiger partial charge >= 0.3 is 0 Å². The third-order valence-corrected chi connectivity index (χ3v) is 3.84. The summed E-state index contributed by atoms with van der Waals surface area (Å²) in [5.74, 6) is 3.70. The molecule has 16 heavy (non-hydrogen) atoms. The van der Waals surface area contributed by atoms with Crippen LogP contribution in [-0.2, 0) is 5.88 Å². The Balaban J connectivity index is 1.88. The number of alkyl halides is 1. The molecule has 0 bridgehead atoms. The Morgan fingerprint density at radius 3 is 2.62 bits per heavy atom. The van der Waals surface area contributed by atoms with Crippen molar-refractivity contribution < 1.29 is 0 Å². The van der Waals surface area contributed by atoms with E-state index in [9.17, 15) is 0 Å². The topological polar surface area (TPSA) is 41.6 Å². The zero-order chi connectivity index (χ0) is 11.4. The molecule has 3 nitrogen and oxygen atoms in total. The van der Waals surface area contributed by atoms with Gasteiger partial charge in [0.15, 0.2) is 5.82 Å². The number of rotatable bonds is 4. The summed E-state index contributed by atoms with van der Waals surface area (Å²) in [6, 6.07) is 0. The van der Waals surface area contributed by atoms with Crippen LogP contribution in [0.2, 0.25) is 0 Å². The number of hydrogen-bond donors (Lipinski definition) is 1. The summed E-state index contributed by atoms with van der Waals surface area (Å²) < 4.78 is 0. The fourth-order valence-corrected chi connectivity index (χ4v) is 2.79. The Morgan fingerprint density at radius 2 is 2.06 bits per heavy atom. The van der Waals surface area contributed by atoms with Crippen LogP contribution in [0.3, 0.4) is 0 Å². The quantitative estimate of drug-likeness (QED) is 0.819. The van der Waals surface area contributed by atoms with E-state index in [2.05, 4.69) is 22.1 Å². The number of nitrogens with one attached hydrogen (secondary N) is 1. The van der Waals surface area contributed by atoms with Crippen molar-refractivity contribution in [1.82, 2.24) is 15.2 Å². The van der Waals surface area contributed by atoms with Gasteiger partial charge < -0.3 is 0 Å². The highest BCUT2D eigenvalue weighted by Gasteiger charge is 2.24. The second-order valence-corrected chi connectivity index (χ2v) is 5.05. The van der Waals surface area contributed by atoms with E-state index in [0.29, 0.717) is 11.8 Å². The number of H-pyrrole nitrogens is 1.